The number of thioether (sulfide) groups is 1. The van der Waals surface area contributed by atoms with Gasteiger partial charge in [-0.1, -0.05) is 30.3 Å². The van der Waals surface area contributed by atoms with Gasteiger partial charge in [0.1, 0.15) is 11.8 Å². The van der Waals surface area contributed by atoms with E-state index in [2.05, 4.69) is 10.6 Å². The Hall–Kier alpha value is -2.21. The number of benzene rings is 1. The second kappa shape index (κ2) is 7.70. The molecule has 0 aliphatic rings. The van der Waals surface area contributed by atoms with Crippen LogP contribution in [0.3, 0.4) is 0 Å². The lowest BCUT2D eigenvalue weighted by molar-refractivity contribution is -0.127. The van der Waals surface area contributed by atoms with Crippen LogP contribution in [0.4, 0.5) is 0 Å². The van der Waals surface area contributed by atoms with E-state index < -0.39 is 6.04 Å². The SMILES string of the molecule is CNC(=O)C(NC(=O)CSc1ccoc1C)c1ccccc1. The number of nitrogens with one attached hydrogen (secondary N) is 2. The quantitative estimate of drug-likeness (QED) is 0.802. The summed E-state index contributed by atoms with van der Waals surface area (Å²) >= 11 is 1.38. The van der Waals surface area contributed by atoms with Gasteiger partial charge in [-0.2, -0.15) is 0 Å². The highest BCUT2D eigenvalue weighted by molar-refractivity contribution is 8.00. The molecule has 0 saturated heterocycles. The Balaban J connectivity index is 1.99. The molecule has 1 heterocycles. The number of furan rings is 1. The lowest BCUT2D eigenvalue weighted by atomic mass is 10.1. The monoisotopic (exact) mass is 318 g/mol. The molecule has 0 radical (unpaired) electrons. The number of likely N-dealkylation sites (N-methyl/N-ethyl adjacent to an activating group) is 1. The van der Waals surface area contributed by atoms with Gasteiger partial charge in [0.2, 0.25) is 11.8 Å². The van der Waals surface area contributed by atoms with Crippen molar-refractivity contribution >= 4 is 23.6 Å². The Bertz CT molecular complexity index is 640. The standard InChI is InChI=1S/C16H18N2O3S/c1-11-13(8-9-21-11)22-10-14(19)18-15(16(20)17-2)12-6-4-3-5-7-12/h3-9,15H,10H2,1-2H3,(H,17,20)(H,18,19). The summed E-state index contributed by atoms with van der Waals surface area (Å²) in [6.07, 6.45) is 1.59. The molecule has 0 bridgehead atoms. The molecule has 0 aliphatic carbocycles. The summed E-state index contributed by atoms with van der Waals surface area (Å²) in [5.74, 6) is 0.552. The molecule has 0 saturated carbocycles. The summed E-state index contributed by atoms with van der Waals surface area (Å²) in [6, 6.07) is 10.3. The van der Waals surface area contributed by atoms with Crippen LogP contribution in [0.1, 0.15) is 17.4 Å². The maximum absolute atomic E-state index is 12.1. The van der Waals surface area contributed by atoms with Crippen molar-refractivity contribution < 1.29 is 14.0 Å². The zero-order valence-corrected chi connectivity index (χ0v) is 13.3. The average molecular weight is 318 g/mol. The summed E-state index contributed by atoms with van der Waals surface area (Å²) in [5, 5.41) is 5.34. The van der Waals surface area contributed by atoms with Crippen LogP contribution >= 0.6 is 11.8 Å². The van der Waals surface area contributed by atoms with Gasteiger partial charge in [0.25, 0.3) is 0 Å². The van der Waals surface area contributed by atoms with Crippen molar-refractivity contribution in [2.75, 3.05) is 12.8 Å². The maximum Gasteiger partial charge on any atom is 0.246 e. The summed E-state index contributed by atoms with van der Waals surface area (Å²) in [4.78, 5) is 25.0. The van der Waals surface area contributed by atoms with Gasteiger partial charge in [-0.05, 0) is 18.6 Å². The number of rotatable bonds is 6. The van der Waals surface area contributed by atoms with Crippen LogP contribution in [0.5, 0.6) is 0 Å². The van der Waals surface area contributed by atoms with Crippen LogP contribution < -0.4 is 10.6 Å². The van der Waals surface area contributed by atoms with Gasteiger partial charge in [-0.25, -0.2) is 0 Å². The third-order valence-electron chi connectivity index (χ3n) is 3.12. The van der Waals surface area contributed by atoms with Gasteiger partial charge in [-0.15, -0.1) is 11.8 Å². The summed E-state index contributed by atoms with van der Waals surface area (Å²) in [5.41, 5.74) is 0.750. The van der Waals surface area contributed by atoms with Crippen molar-refractivity contribution in [1.29, 1.82) is 0 Å². The molecular formula is C16H18N2O3S. The fourth-order valence-corrected chi connectivity index (χ4v) is 2.73. The third kappa shape index (κ3) is 4.14. The van der Waals surface area contributed by atoms with Crippen LogP contribution in [0.15, 0.2) is 52.0 Å². The molecule has 5 nitrogen and oxygen atoms in total. The molecule has 1 unspecified atom stereocenters. The second-order valence-corrected chi connectivity index (χ2v) is 5.67. The molecule has 22 heavy (non-hydrogen) atoms. The number of carbonyl (C=O) groups excluding carboxylic acids is 2. The van der Waals surface area contributed by atoms with Crippen molar-refractivity contribution in [2.24, 2.45) is 0 Å². The largest absolute Gasteiger partial charge is 0.468 e. The normalized spacial score (nSPS) is 11.7. The fourth-order valence-electron chi connectivity index (χ4n) is 1.96. The van der Waals surface area contributed by atoms with E-state index in [0.29, 0.717) is 0 Å². The van der Waals surface area contributed by atoms with E-state index in [-0.39, 0.29) is 17.6 Å². The first-order chi connectivity index (χ1) is 10.6. The molecular weight excluding hydrogens is 300 g/mol. The second-order valence-electron chi connectivity index (χ2n) is 4.66. The van der Waals surface area contributed by atoms with Crippen LogP contribution in [0, 0.1) is 6.92 Å². The molecule has 1 aromatic carbocycles. The smallest absolute Gasteiger partial charge is 0.246 e. The highest BCUT2D eigenvalue weighted by Gasteiger charge is 2.21. The van der Waals surface area contributed by atoms with Crippen molar-refractivity contribution in [3.05, 3.63) is 54.0 Å². The first-order valence-corrected chi connectivity index (χ1v) is 7.83. The highest BCUT2D eigenvalue weighted by atomic mass is 32.2. The summed E-state index contributed by atoms with van der Waals surface area (Å²) < 4.78 is 5.19. The predicted octanol–water partition coefficient (Wildman–Crippen LogP) is 2.28. The fraction of sp³-hybridized carbons (Fsp3) is 0.250. The summed E-state index contributed by atoms with van der Waals surface area (Å²) in [7, 11) is 1.55. The molecule has 0 spiro atoms. The molecule has 2 amide bonds. The number of carbonyl (C=O) groups is 2. The molecule has 1 atom stereocenters. The minimum Gasteiger partial charge on any atom is -0.468 e. The van der Waals surface area contributed by atoms with E-state index in [9.17, 15) is 9.59 Å². The number of hydrogen-bond donors (Lipinski definition) is 2. The predicted molar refractivity (Wildman–Crippen MR) is 85.6 cm³/mol. The topological polar surface area (TPSA) is 71.3 Å². The Labute approximate surface area is 133 Å². The van der Waals surface area contributed by atoms with E-state index in [1.165, 1.54) is 11.8 Å². The molecule has 0 aliphatic heterocycles. The molecule has 2 rings (SSSR count). The Morgan fingerprint density at radius 2 is 1.95 bits per heavy atom. The van der Waals surface area contributed by atoms with Gasteiger partial charge in [-0.3, -0.25) is 9.59 Å². The van der Waals surface area contributed by atoms with E-state index in [0.717, 1.165) is 16.2 Å². The molecule has 6 heteroatoms. The minimum atomic E-state index is -0.690. The average Bonchev–Trinajstić information content (AvgIpc) is 2.96. The summed E-state index contributed by atoms with van der Waals surface area (Å²) in [6.45, 7) is 1.84. The van der Waals surface area contributed by atoms with E-state index in [1.807, 2.05) is 43.3 Å². The van der Waals surface area contributed by atoms with Gasteiger partial charge >= 0.3 is 0 Å². The van der Waals surface area contributed by atoms with Crippen LogP contribution in [0.2, 0.25) is 0 Å². The van der Waals surface area contributed by atoms with Crippen molar-refractivity contribution in [1.82, 2.24) is 10.6 Å². The Morgan fingerprint density at radius 3 is 2.55 bits per heavy atom. The zero-order chi connectivity index (χ0) is 15.9. The van der Waals surface area contributed by atoms with Crippen molar-refractivity contribution in [3.8, 4) is 0 Å². The van der Waals surface area contributed by atoms with E-state index >= 15 is 0 Å². The molecule has 1 aromatic heterocycles. The molecule has 0 fully saturated rings. The van der Waals surface area contributed by atoms with Crippen LogP contribution in [0.25, 0.3) is 0 Å². The Kier molecular flexibility index (Phi) is 5.66. The molecule has 116 valence electrons. The highest BCUT2D eigenvalue weighted by Crippen LogP contribution is 2.23. The molecule has 2 N–H and O–H groups in total. The van der Waals surface area contributed by atoms with Crippen molar-refractivity contribution in [2.45, 2.75) is 17.9 Å². The lowest BCUT2D eigenvalue weighted by Crippen LogP contribution is -2.39. The van der Waals surface area contributed by atoms with Gasteiger partial charge < -0.3 is 15.1 Å². The third-order valence-corrected chi connectivity index (χ3v) is 4.26. The van der Waals surface area contributed by atoms with Gasteiger partial charge in [0.15, 0.2) is 0 Å². The van der Waals surface area contributed by atoms with Gasteiger partial charge in [0.05, 0.1) is 12.0 Å². The van der Waals surface area contributed by atoms with Crippen LogP contribution in [-0.4, -0.2) is 24.6 Å². The first kappa shape index (κ1) is 16.2. The van der Waals surface area contributed by atoms with Crippen LogP contribution in [-0.2, 0) is 9.59 Å². The zero-order valence-electron chi connectivity index (χ0n) is 12.5. The number of aryl methyl sites for hydroxylation is 1. The van der Waals surface area contributed by atoms with E-state index in [1.54, 1.807) is 13.3 Å². The lowest BCUT2D eigenvalue weighted by Gasteiger charge is -2.17. The maximum atomic E-state index is 12.1. The van der Waals surface area contributed by atoms with Gasteiger partial charge in [0, 0.05) is 11.9 Å². The minimum absolute atomic E-state index is 0.206. The molecule has 2 aromatic rings. The Morgan fingerprint density at radius 1 is 1.23 bits per heavy atom. The van der Waals surface area contributed by atoms with Crippen molar-refractivity contribution in [3.63, 3.8) is 0 Å². The number of amides is 2. The number of hydrogen-bond acceptors (Lipinski definition) is 4. The first-order valence-electron chi connectivity index (χ1n) is 6.84. The van der Waals surface area contributed by atoms with E-state index in [4.69, 9.17) is 4.42 Å².